The monoisotopic (exact) mass is 233 g/mol. The maximum absolute atomic E-state index is 7.40. The smallest absolute Gasteiger partial charge is 0.141 e. The molecule has 0 spiro atoms. The number of likely N-dealkylation sites (N-methyl/N-ethyl adjacent to an activating group) is 1. The van der Waals surface area contributed by atoms with E-state index >= 15 is 0 Å². The highest BCUT2D eigenvalue weighted by Gasteiger charge is 2.24. The molecule has 5 heteroatoms. The molecule has 92 valence electrons. The second kappa shape index (κ2) is 4.71. The predicted octanol–water partition coefficient (Wildman–Crippen LogP) is 0.506. The molecule has 5 nitrogen and oxygen atoms in total. The number of anilines is 1. The Morgan fingerprint density at radius 1 is 1.53 bits per heavy atom. The van der Waals surface area contributed by atoms with Gasteiger partial charge in [0.2, 0.25) is 0 Å². The molecule has 1 aromatic rings. The van der Waals surface area contributed by atoms with Crippen molar-refractivity contribution in [2.45, 2.75) is 12.5 Å². The van der Waals surface area contributed by atoms with E-state index in [9.17, 15) is 0 Å². The molecular formula is C12H19N5. The highest BCUT2D eigenvalue weighted by molar-refractivity contribution is 5.93. The van der Waals surface area contributed by atoms with Crippen LogP contribution in [-0.2, 0) is 0 Å². The zero-order valence-electron chi connectivity index (χ0n) is 10.3. The largest absolute Gasteiger partial charge is 0.382 e. The molecule has 0 amide bonds. The van der Waals surface area contributed by atoms with Crippen LogP contribution in [0.4, 0.5) is 5.82 Å². The van der Waals surface area contributed by atoms with Crippen molar-refractivity contribution in [3.63, 3.8) is 0 Å². The summed E-state index contributed by atoms with van der Waals surface area (Å²) in [6.45, 7) is 2.00. The molecule has 1 aliphatic heterocycles. The molecule has 1 aromatic heterocycles. The number of nitrogens with two attached hydrogens (primary N) is 1. The number of rotatable bonds is 3. The van der Waals surface area contributed by atoms with E-state index in [0.29, 0.717) is 11.7 Å². The molecule has 0 saturated carbocycles. The van der Waals surface area contributed by atoms with Gasteiger partial charge in [0.05, 0.1) is 0 Å². The Kier molecular flexibility index (Phi) is 3.28. The maximum Gasteiger partial charge on any atom is 0.141 e. The van der Waals surface area contributed by atoms with Crippen molar-refractivity contribution in [3.05, 3.63) is 23.9 Å². The molecule has 1 saturated heterocycles. The molecule has 0 aliphatic carbocycles. The number of hydrogen-bond donors (Lipinski definition) is 2. The summed E-state index contributed by atoms with van der Waals surface area (Å²) in [4.78, 5) is 8.90. The molecule has 17 heavy (non-hydrogen) atoms. The highest BCUT2D eigenvalue weighted by atomic mass is 15.3. The van der Waals surface area contributed by atoms with Crippen molar-refractivity contribution in [2.75, 3.05) is 32.1 Å². The van der Waals surface area contributed by atoms with Crippen LogP contribution in [0.1, 0.15) is 12.1 Å². The Morgan fingerprint density at radius 3 is 2.88 bits per heavy atom. The third-order valence-corrected chi connectivity index (χ3v) is 3.23. The minimum Gasteiger partial charge on any atom is -0.382 e. The van der Waals surface area contributed by atoms with Gasteiger partial charge in [0.1, 0.15) is 17.3 Å². The standard InChI is InChI=1S/C12H19N5/c1-16(2)9-6-7-17(8-9)11-5-3-4-10(15-11)12(13)14/h3-5,9H,6-8H2,1-2H3,(H3,13,14). The van der Waals surface area contributed by atoms with E-state index in [1.165, 1.54) is 0 Å². The Hall–Kier alpha value is -1.62. The predicted molar refractivity (Wildman–Crippen MR) is 69.6 cm³/mol. The van der Waals surface area contributed by atoms with Gasteiger partial charge >= 0.3 is 0 Å². The normalized spacial score (nSPS) is 19.9. The summed E-state index contributed by atoms with van der Waals surface area (Å²) in [6.07, 6.45) is 1.15. The van der Waals surface area contributed by atoms with Crippen LogP contribution in [0.2, 0.25) is 0 Å². The quantitative estimate of drug-likeness (QED) is 0.589. The van der Waals surface area contributed by atoms with E-state index in [0.717, 1.165) is 25.3 Å². The fraction of sp³-hybridized carbons (Fsp3) is 0.500. The average molecular weight is 233 g/mol. The molecule has 2 rings (SSSR count). The SMILES string of the molecule is CN(C)C1CCN(c2cccc(C(=N)N)n2)C1. The van der Waals surface area contributed by atoms with Crippen LogP contribution in [0.25, 0.3) is 0 Å². The van der Waals surface area contributed by atoms with Crippen LogP contribution in [0.3, 0.4) is 0 Å². The first kappa shape index (κ1) is 11.9. The topological polar surface area (TPSA) is 69.2 Å². The summed E-state index contributed by atoms with van der Waals surface area (Å²) in [7, 11) is 4.21. The Bertz CT molecular complexity index is 415. The van der Waals surface area contributed by atoms with Crippen molar-refractivity contribution < 1.29 is 0 Å². The zero-order chi connectivity index (χ0) is 12.4. The molecule has 3 N–H and O–H groups in total. The van der Waals surface area contributed by atoms with Gasteiger partial charge in [0, 0.05) is 19.1 Å². The first-order valence-electron chi connectivity index (χ1n) is 5.81. The van der Waals surface area contributed by atoms with E-state index in [1.54, 1.807) is 6.07 Å². The van der Waals surface area contributed by atoms with Crippen molar-refractivity contribution in [1.29, 1.82) is 5.41 Å². The second-order valence-corrected chi connectivity index (χ2v) is 4.65. The fourth-order valence-electron chi connectivity index (χ4n) is 2.12. The van der Waals surface area contributed by atoms with E-state index in [1.807, 2.05) is 12.1 Å². The van der Waals surface area contributed by atoms with Crippen LogP contribution in [0.15, 0.2) is 18.2 Å². The minimum atomic E-state index is 0.0233. The lowest BCUT2D eigenvalue weighted by molar-refractivity contribution is 0.315. The van der Waals surface area contributed by atoms with E-state index in [4.69, 9.17) is 11.1 Å². The fourth-order valence-corrected chi connectivity index (χ4v) is 2.12. The number of hydrogen-bond acceptors (Lipinski definition) is 4. The van der Waals surface area contributed by atoms with Crippen LogP contribution in [-0.4, -0.2) is 48.9 Å². The molecular weight excluding hydrogens is 214 g/mol. The third kappa shape index (κ3) is 2.55. The molecule has 0 radical (unpaired) electrons. The van der Waals surface area contributed by atoms with Gasteiger partial charge in [-0.15, -0.1) is 0 Å². The number of pyridine rings is 1. The Labute approximate surface area is 102 Å². The van der Waals surface area contributed by atoms with Crippen LogP contribution in [0.5, 0.6) is 0 Å². The first-order chi connectivity index (χ1) is 8.08. The number of nitrogens with zero attached hydrogens (tertiary/aromatic N) is 3. The molecule has 0 aromatic carbocycles. The lowest BCUT2D eigenvalue weighted by Gasteiger charge is -2.21. The second-order valence-electron chi connectivity index (χ2n) is 4.65. The lowest BCUT2D eigenvalue weighted by atomic mass is 10.2. The highest BCUT2D eigenvalue weighted by Crippen LogP contribution is 2.20. The summed E-state index contributed by atoms with van der Waals surface area (Å²) in [5.74, 6) is 0.942. The number of aromatic nitrogens is 1. The maximum atomic E-state index is 7.40. The van der Waals surface area contributed by atoms with Crippen molar-refractivity contribution >= 4 is 11.7 Å². The van der Waals surface area contributed by atoms with Crippen LogP contribution >= 0.6 is 0 Å². The van der Waals surface area contributed by atoms with Crippen LogP contribution < -0.4 is 10.6 Å². The minimum absolute atomic E-state index is 0.0233. The zero-order valence-corrected chi connectivity index (χ0v) is 10.3. The number of nitrogen functional groups attached to an aromatic ring is 1. The van der Waals surface area contributed by atoms with Gasteiger partial charge in [-0.05, 0) is 32.6 Å². The third-order valence-electron chi connectivity index (χ3n) is 3.23. The molecule has 2 heterocycles. The summed E-state index contributed by atoms with van der Waals surface area (Å²) < 4.78 is 0. The summed E-state index contributed by atoms with van der Waals surface area (Å²) >= 11 is 0. The Balaban J connectivity index is 2.13. The molecule has 0 bridgehead atoms. The number of nitrogens with one attached hydrogen (secondary N) is 1. The van der Waals surface area contributed by atoms with E-state index in [-0.39, 0.29) is 5.84 Å². The van der Waals surface area contributed by atoms with Gasteiger partial charge in [0.25, 0.3) is 0 Å². The molecule has 1 unspecified atom stereocenters. The van der Waals surface area contributed by atoms with Gasteiger partial charge in [-0.1, -0.05) is 6.07 Å². The molecule has 1 fully saturated rings. The average Bonchev–Trinajstić information content (AvgIpc) is 2.78. The Morgan fingerprint density at radius 2 is 2.29 bits per heavy atom. The van der Waals surface area contributed by atoms with Crippen LogP contribution in [0, 0.1) is 5.41 Å². The van der Waals surface area contributed by atoms with Gasteiger partial charge < -0.3 is 15.5 Å². The van der Waals surface area contributed by atoms with E-state index < -0.39 is 0 Å². The summed E-state index contributed by atoms with van der Waals surface area (Å²) in [5, 5.41) is 7.40. The van der Waals surface area contributed by atoms with Gasteiger partial charge in [-0.2, -0.15) is 0 Å². The number of amidine groups is 1. The summed E-state index contributed by atoms with van der Waals surface area (Å²) in [5.41, 5.74) is 6.00. The molecule has 1 aliphatic rings. The van der Waals surface area contributed by atoms with Gasteiger partial charge in [-0.3, -0.25) is 5.41 Å². The molecule has 1 atom stereocenters. The van der Waals surface area contributed by atoms with Crippen molar-refractivity contribution in [1.82, 2.24) is 9.88 Å². The van der Waals surface area contributed by atoms with Crippen molar-refractivity contribution in [3.8, 4) is 0 Å². The van der Waals surface area contributed by atoms with Gasteiger partial charge in [-0.25, -0.2) is 4.98 Å². The van der Waals surface area contributed by atoms with Crippen molar-refractivity contribution in [2.24, 2.45) is 5.73 Å². The summed E-state index contributed by atoms with van der Waals surface area (Å²) in [6, 6.07) is 6.23. The van der Waals surface area contributed by atoms with Gasteiger partial charge in [0.15, 0.2) is 0 Å². The van der Waals surface area contributed by atoms with E-state index in [2.05, 4.69) is 28.9 Å². The first-order valence-corrected chi connectivity index (χ1v) is 5.81. The lowest BCUT2D eigenvalue weighted by Crippen LogP contribution is -2.31.